The van der Waals surface area contributed by atoms with E-state index in [-0.39, 0.29) is 11.4 Å². The zero-order valence-electron chi connectivity index (χ0n) is 13.0. The highest BCUT2D eigenvalue weighted by Crippen LogP contribution is 2.24. The molecule has 0 aliphatic rings. The number of halogens is 1. The van der Waals surface area contributed by atoms with Gasteiger partial charge in [-0.2, -0.15) is 0 Å². The standard InChI is InChI=1S/C16H17FN4OS/c1-3-4-13-8-14(22)18-15-19-20-16(21(13)15)23-9-11-5-6-12(17)7-10(11)2/h5-8H,3-4,9H2,1-2H3,(H,18,19,22). The van der Waals surface area contributed by atoms with Crippen LogP contribution in [0.15, 0.2) is 34.2 Å². The van der Waals surface area contributed by atoms with Crippen molar-refractivity contribution in [3.8, 4) is 0 Å². The van der Waals surface area contributed by atoms with Crippen molar-refractivity contribution < 1.29 is 4.39 Å². The molecule has 3 rings (SSSR count). The number of aromatic nitrogens is 4. The predicted octanol–water partition coefficient (Wildman–Crippen LogP) is 3.11. The fraction of sp³-hybridized carbons (Fsp3) is 0.312. The summed E-state index contributed by atoms with van der Waals surface area (Å²) >= 11 is 1.52. The van der Waals surface area contributed by atoms with Gasteiger partial charge in [0.15, 0.2) is 5.16 Å². The molecule has 7 heteroatoms. The number of nitrogens with one attached hydrogen (secondary N) is 1. The van der Waals surface area contributed by atoms with Crippen molar-refractivity contribution in [3.05, 3.63) is 57.3 Å². The van der Waals surface area contributed by atoms with Crippen LogP contribution < -0.4 is 5.56 Å². The molecule has 0 saturated carbocycles. The van der Waals surface area contributed by atoms with Gasteiger partial charge in [0.2, 0.25) is 5.78 Å². The van der Waals surface area contributed by atoms with Gasteiger partial charge in [-0.1, -0.05) is 31.2 Å². The molecule has 5 nitrogen and oxygen atoms in total. The topological polar surface area (TPSA) is 63.0 Å². The molecule has 0 radical (unpaired) electrons. The van der Waals surface area contributed by atoms with Gasteiger partial charge in [0.1, 0.15) is 5.82 Å². The van der Waals surface area contributed by atoms with Gasteiger partial charge in [0.05, 0.1) is 0 Å². The van der Waals surface area contributed by atoms with Crippen molar-refractivity contribution in [1.29, 1.82) is 0 Å². The normalized spacial score (nSPS) is 11.3. The fourth-order valence-corrected chi connectivity index (χ4v) is 3.51. The number of hydrogen-bond acceptors (Lipinski definition) is 4. The number of fused-ring (bicyclic) bond motifs is 1. The lowest BCUT2D eigenvalue weighted by atomic mass is 10.1. The fourth-order valence-electron chi connectivity index (χ4n) is 2.47. The molecule has 23 heavy (non-hydrogen) atoms. The van der Waals surface area contributed by atoms with Crippen LogP contribution >= 0.6 is 11.8 Å². The third-order valence-electron chi connectivity index (χ3n) is 3.62. The van der Waals surface area contributed by atoms with Crippen LogP contribution in [0.5, 0.6) is 0 Å². The van der Waals surface area contributed by atoms with Crippen LogP contribution in [0.2, 0.25) is 0 Å². The Morgan fingerprint density at radius 2 is 2.13 bits per heavy atom. The van der Waals surface area contributed by atoms with Gasteiger partial charge in [-0.3, -0.25) is 14.2 Å². The highest BCUT2D eigenvalue weighted by Gasteiger charge is 2.12. The van der Waals surface area contributed by atoms with Gasteiger partial charge < -0.3 is 0 Å². The Morgan fingerprint density at radius 3 is 2.87 bits per heavy atom. The van der Waals surface area contributed by atoms with Gasteiger partial charge in [-0.05, 0) is 36.6 Å². The number of aromatic amines is 1. The Bertz CT molecular complexity index is 903. The van der Waals surface area contributed by atoms with Crippen molar-refractivity contribution in [2.75, 3.05) is 0 Å². The summed E-state index contributed by atoms with van der Waals surface area (Å²) in [7, 11) is 0. The summed E-state index contributed by atoms with van der Waals surface area (Å²) in [5, 5.41) is 8.95. The number of hydrogen-bond donors (Lipinski definition) is 1. The summed E-state index contributed by atoms with van der Waals surface area (Å²) < 4.78 is 15.1. The number of rotatable bonds is 5. The molecule has 1 aromatic carbocycles. The van der Waals surface area contributed by atoms with Gasteiger partial charge in [0.25, 0.3) is 5.56 Å². The minimum absolute atomic E-state index is 0.167. The van der Waals surface area contributed by atoms with Crippen molar-refractivity contribution in [2.45, 2.75) is 37.6 Å². The number of thioether (sulfide) groups is 1. The lowest BCUT2D eigenvalue weighted by Crippen LogP contribution is -2.11. The van der Waals surface area contributed by atoms with Crippen LogP contribution in [0.3, 0.4) is 0 Å². The van der Waals surface area contributed by atoms with Crippen LogP contribution in [0.1, 0.15) is 30.2 Å². The molecule has 0 fully saturated rings. The minimum atomic E-state index is -0.230. The number of aryl methyl sites for hydroxylation is 2. The molecule has 2 aromatic heterocycles. The molecular formula is C16H17FN4OS. The van der Waals surface area contributed by atoms with Gasteiger partial charge in [0, 0.05) is 17.5 Å². The summed E-state index contributed by atoms with van der Waals surface area (Å²) in [6.07, 6.45) is 1.71. The van der Waals surface area contributed by atoms with E-state index in [2.05, 4.69) is 22.1 Å². The van der Waals surface area contributed by atoms with Gasteiger partial charge >= 0.3 is 0 Å². The SMILES string of the molecule is CCCc1cc(=O)[nH]c2nnc(SCc3ccc(F)cc3C)n12. The summed E-state index contributed by atoms with van der Waals surface area (Å²) in [6, 6.07) is 6.37. The molecule has 120 valence electrons. The van der Waals surface area contributed by atoms with Gasteiger partial charge in [-0.15, -0.1) is 10.2 Å². The van der Waals surface area contributed by atoms with E-state index in [1.54, 1.807) is 12.1 Å². The van der Waals surface area contributed by atoms with E-state index < -0.39 is 0 Å². The zero-order chi connectivity index (χ0) is 16.4. The quantitative estimate of drug-likeness (QED) is 0.729. The average molecular weight is 332 g/mol. The maximum Gasteiger partial charge on any atom is 0.252 e. The molecule has 0 aliphatic carbocycles. The molecule has 0 atom stereocenters. The van der Waals surface area contributed by atoms with Crippen LogP contribution in [0, 0.1) is 12.7 Å². The lowest BCUT2D eigenvalue weighted by molar-refractivity contribution is 0.626. The molecule has 1 N–H and O–H groups in total. The smallest absolute Gasteiger partial charge is 0.252 e. The Morgan fingerprint density at radius 1 is 1.30 bits per heavy atom. The Kier molecular flexibility index (Phi) is 4.47. The first-order chi connectivity index (χ1) is 11.1. The average Bonchev–Trinajstić information content (AvgIpc) is 2.89. The minimum Gasteiger partial charge on any atom is -0.291 e. The summed E-state index contributed by atoms with van der Waals surface area (Å²) in [5.74, 6) is 0.892. The second-order valence-electron chi connectivity index (χ2n) is 5.38. The molecule has 3 aromatic rings. The maximum atomic E-state index is 13.2. The van der Waals surface area contributed by atoms with Crippen molar-refractivity contribution in [3.63, 3.8) is 0 Å². The Labute approximate surface area is 137 Å². The van der Waals surface area contributed by atoms with Gasteiger partial charge in [-0.25, -0.2) is 4.39 Å². The van der Waals surface area contributed by atoms with Crippen molar-refractivity contribution in [2.24, 2.45) is 0 Å². The monoisotopic (exact) mass is 332 g/mol. The van der Waals surface area contributed by atoms with Crippen LogP contribution in [-0.4, -0.2) is 19.6 Å². The van der Waals surface area contributed by atoms with Crippen LogP contribution in [0.25, 0.3) is 5.78 Å². The highest BCUT2D eigenvalue weighted by molar-refractivity contribution is 7.98. The third kappa shape index (κ3) is 3.29. The van der Waals surface area contributed by atoms with Crippen LogP contribution in [0.4, 0.5) is 4.39 Å². The predicted molar refractivity (Wildman–Crippen MR) is 88.3 cm³/mol. The largest absolute Gasteiger partial charge is 0.291 e. The summed E-state index contributed by atoms with van der Waals surface area (Å²) in [6.45, 7) is 3.95. The van der Waals surface area contributed by atoms with E-state index in [0.717, 1.165) is 34.8 Å². The maximum absolute atomic E-state index is 13.2. The van der Waals surface area contributed by atoms with Crippen molar-refractivity contribution in [1.82, 2.24) is 19.6 Å². The number of H-pyrrole nitrogens is 1. The van der Waals surface area contributed by atoms with E-state index in [0.29, 0.717) is 11.5 Å². The van der Waals surface area contributed by atoms with E-state index in [1.807, 2.05) is 11.3 Å². The van der Waals surface area contributed by atoms with E-state index in [1.165, 1.54) is 23.9 Å². The molecule has 0 amide bonds. The highest BCUT2D eigenvalue weighted by atomic mass is 32.2. The molecule has 0 bridgehead atoms. The number of benzene rings is 1. The van der Waals surface area contributed by atoms with Crippen LogP contribution in [-0.2, 0) is 12.2 Å². The molecule has 2 heterocycles. The molecule has 0 saturated heterocycles. The first-order valence-corrected chi connectivity index (χ1v) is 8.42. The molecule has 0 aliphatic heterocycles. The zero-order valence-corrected chi connectivity index (χ0v) is 13.8. The van der Waals surface area contributed by atoms with E-state index >= 15 is 0 Å². The number of nitrogens with zero attached hydrogens (tertiary/aromatic N) is 3. The summed E-state index contributed by atoms with van der Waals surface area (Å²) in [5.41, 5.74) is 2.69. The first-order valence-electron chi connectivity index (χ1n) is 7.43. The summed E-state index contributed by atoms with van der Waals surface area (Å²) in [4.78, 5) is 14.4. The Hall–Kier alpha value is -2.15. The Balaban J connectivity index is 1.92. The third-order valence-corrected chi connectivity index (χ3v) is 4.60. The lowest BCUT2D eigenvalue weighted by Gasteiger charge is -2.07. The van der Waals surface area contributed by atoms with Crippen molar-refractivity contribution >= 4 is 17.5 Å². The molecular weight excluding hydrogens is 315 g/mol. The molecule has 0 unspecified atom stereocenters. The van der Waals surface area contributed by atoms with E-state index in [9.17, 15) is 9.18 Å². The molecule has 0 spiro atoms. The first kappa shape index (κ1) is 15.7. The van der Waals surface area contributed by atoms with E-state index in [4.69, 9.17) is 0 Å². The second kappa shape index (κ2) is 6.54. The second-order valence-corrected chi connectivity index (χ2v) is 6.32.